The molecule has 0 unspecified atom stereocenters. The highest BCUT2D eigenvalue weighted by Crippen LogP contribution is 2.24. The van der Waals surface area contributed by atoms with E-state index in [0.717, 1.165) is 29.5 Å². The molecule has 0 aliphatic heterocycles. The Labute approximate surface area is 161 Å². The molecule has 0 fully saturated rings. The maximum Gasteiger partial charge on any atom is 0.230 e. The molecule has 5 nitrogen and oxygen atoms in total. The Morgan fingerprint density at radius 3 is 2.88 bits per heavy atom. The zero-order chi connectivity index (χ0) is 18.4. The summed E-state index contributed by atoms with van der Waals surface area (Å²) in [5.41, 5.74) is 2.24. The minimum Gasteiger partial charge on any atom is -0.355 e. The number of carbonyl (C=O) groups excluding carboxylic acids is 1. The maximum atomic E-state index is 12.1. The highest BCUT2D eigenvalue weighted by molar-refractivity contribution is 7.99. The number of hydrogen-bond acceptors (Lipinski definition) is 5. The summed E-state index contributed by atoms with van der Waals surface area (Å²) in [6, 6.07) is 12.3. The number of aryl methyl sites for hydroxylation is 1. The van der Waals surface area contributed by atoms with Crippen LogP contribution >= 0.6 is 23.1 Å². The van der Waals surface area contributed by atoms with Crippen LogP contribution in [0.15, 0.2) is 46.9 Å². The van der Waals surface area contributed by atoms with Crippen LogP contribution in [0.5, 0.6) is 0 Å². The first-order valence-electron chi connectivity index (χ1n) is 8.59. The number of thioether (sulfide) groups is 1. The fraction of sp³-hybridized carbons (Fsp3) is 0.316. The fourth-order valence-electron chi connectivity index (χ4n) is 2.64. The topological polar surface area (TPSA) is 59.8 Å². The number of amides is 1. The van der Waals surface area contributed by atoms with Crippen LogP contribution in [0.4, 0.5) is 0 Å². The molecule has 0 bridgehead atoms. The van der Waals surface area contributed by atoms with Crippen molar-refractivity contribution in [3.8, 4) is 11.4 Å². The molecule has 3 aromatic rings. The highest BCUT2D eigenvalue weighted by Gasteiger charge is 2.14. The second-order valence-corrected chi connectivity index (χ2v) is 7.86. The van der Waals surface area contributed by atoms with Crippen molar-refractivity contribution in [3.63, 3.8) is 0 Å². The van der Waals surface area contributed by atoms with E-state index in [2.05, 4.69) is 57.5 Å². The zero-order valence-corrected chi connectivity index (χ0v) is 16.6. The summed E-state index contributed by atoms with van der Waals surface area (Å²) in [5, 5.41) is 14.4. The van der Waals surface area contributed by atoms with E-state index in [0.29, 0.717) is 12.3 Å². The highest BCUT2D eigenvalue weighted by atomic mass is 32.2. The number of thiophene rings is 1. The fourth-order valence-corrected chi connectivity index (χ4v) is 4.18. The quantitative estimate of drug-likeness (QED) is 0.599. The van der Waals surface area contributed by atoms with Crippen molar-refractivity contribution in [2.24, 2.45) is 0 Å². The molecule has 0 aliphatic carbocycles. The van der Waals surface area contributed by atoms with Crippen molar-refractivity contribution in [1.82, 2.24) is 20.1 Å². The van der Waals surface area contributed by atoms with Gasteiger partial charge in [-0.3, -0.25) is 4.79 Å². The van der Waals surface area contributed by atoms with E-state index < -0.39 is 0 Å². The van der Waals surface area contributed by atoms with Gasteiger partial charge in [-0.2, -0.15) is 0 Å². The molecule has 1 amide bonds. The third-order valence-electron chi connectivity index (χ3n) is 3.92. The predicted octanol–water partition coefficient (Wildman–Crippen LogP) is 3.79. The first kappa shape index (κ1) is 18.7. The van der Waals surface area contributed by atoms with Crippen molar-refractivity contribution < 1.29 is 4.79 Å². The molecule has 0 spiro atoms. The van der Waals surface area contributed by atoms with Gasteiger partial charge in [0.2, 0.25) is 5.91 Å². The lowest BCUT2D eigenvalue weighted by atomic mass is 10.1. The van der Waals surface area contributed by atoms with E-state index in [1.165, 1.54) is 22.2 Å². The van der Waals surface area contributed by atoms with E-state index in [1.54, 1.807) is 11.3 Å². The molecule has 1 N–H and O–H groups in total. The van der Waals surface area contributed by atoms with Crippen LogP contribution in [-0.4, -0.2) is 33.0 Å². The van der Waals surface area contributed by atoms with Crippen molar-refractivity contribution >= 4 is 29.0 Å². The number of aromatic nitrogens is 3. The summed E-state index contributed by atoms with van der Waals surface area (Å²) in [5.74, 6) is 1.21. The minimum atomic E-state index is 0.0225. The lowest BCUT2D eigenvalue weighted by Crippen LogP contribution is -2.27. The Morgan fingerprint density at radius 1 is 1.27 bits per heavy atom. The van der Waals surface area contributed by atoms with Crippen LogP contribution < -0.4 is 5.32 Å². The van der Waals surface area contributed by atoms with E-state index in [4.69, 9.17) is 0 Å². The molecule has 1 aromatic carbocycles. The second-order valence-electron chi connectivity index (χ2n) is 5.89. The minimum absolute atomic E-state index is 0.0225. The number of carbonyl (C=O) groups is 1. The molecule has 2 aromatic heterocycles. The molecule has 0 aliphatic rings. The number of rotatable bonds is 8. The molecular formula is C19H22N4OS2. The number of hydrogen-bond donors (Lipinski definition) is 1. The summed E-state index contributed by atoms with van der Waals surface area (Å²) in [4.78, 5) is 13.4. The van der Waals surface area contributed by atoms with E-state index >= 15 is 0 Å². The van der Waals surface area contributed by atoms with E-state index in [9.17, 15) is 4.79 Å². The van der Waals surface area contributed by atoms with Crippen LogP contribution in [0.25, 0.3) is 11.4 Å². The molecule has 26 heavy (non-hydrogen) atoms. The van der Waals surface area contributed by atoms with Crippen LogP contribution in [0.1, 0.15) is 17.4 Å². The Morgan fingerprint density at radius 2 is 2.15 bits per heavy atom. The Bertz CT molecular complexity index is 858. The first-order valence-corrected chi connectivity index (χ1v) is 10.5. The van der Waals surface area contributed by atoms with Gasteiger partial charge in [0, 0.05) is 23.5 Å². The van der Waals surface area contributed by atoms with Gasteiger partial charge >= 0.3 is 0 Å². The van der Waals surface area contributed by atoms with Crippen LogP contribution in [-0.2, 0) is 17.8 Å². The largest absolute Gasteiger partial charge is 0.355 e. The van der Waals surface area contributed by atoms with E-state index in [1.807, 2.05) is 18.2 Å². The molecule has 0 saturated carbocycles. The maximum absolute atomic E-state index is 12.1. The average molecular weight is 387 g/mol. The lowest BCUT2D eigenvalue weighted by molar-refractivity contribution is -0.118. The number of nitrogens with one attached hydrogen (secondary N) is 1. The van der Waals surface area contributed by atoms with Gasteiger partial charge in [-0.25, -0.2) is 0 Å². The SMILES string of the molecule is CCn1c(SCC(=O)NCCc2cccs2)nnc1-c1cccc(C)c1. The molecule has 0 atom stereocenters. The molecule has 7 heteroatoms. The van der Waals surface area contributed by atoms with Gasteiger partial charge in [0.1, 0.15) is 0 Å². The summed E-state index contributed by atoms with van der Waals surface area (Å²) < 4.78 is 2.05. The molecular weight excluding hydrogens is 364 g/mol. The molecule has 136 valence electrons. The van der Waals surface area contributed by atoms with Gasteiger partial charge in [0.25, 0.3) is 0 Å². The van der Waals surface area contributed by atoms with Gasteiger partial charge in [-0.15, -0.1) is 21.5 Å². The van der Waals surface area contributed by atoms with Gasteiger partial charge < -0.3 is 9.88 Å². The molecule has 3 rings (SSSR count). The summed E-state index contributed by atoms with van der Waals surface area (Å²) in [6.45, 7) is 5.55. The van der Waals surface area contributed by atoms with Gasteiger partial charge in [0.05, 0.1) is 5.75 Å². The zero-order valence-electron chi connectivity index (χ0n) is 14.9. The third-order valence-corrected chi connectivity index (χ3v) is 5.82. The van der Waals surface area contributed by atoms with Crippen molar-refractivity contribution in [2.45, 2.75) is 32.0 Å². The molecule has 2 heterocycles. The normalized spacial score (nSPS) is 10.8. The van der Waals surface area contributed by atoms with Crippen molar-refractivity contribution in [2.75, 3.05) is 12.3 Å². The Balaban J connectivity index is 1.57. The monoisotopic (exact) mass is 386 g/mol. The lowest BCUT2D eigenvalue weighted by Gasteiger charge is -2.08. The van der Waals surface area contributed by atoms with Gasteiger partial charge in [-0.1, -0.05) is 41.6 Å². The standard InChI is InChI=1S/C19H22N4OS2/c1-3-23-18(15-7-4-6-14(2)12-15)21-22-19(23)26-13-17(24)20-10-9-16-8-5-11-25-16/h4-8,11-12H,3,9-10,13H2,1-2H3,(H,20,24). The molecule has 0 saturated heterocycles. The van der Waals surface area contributed by atoms with Crippen molar-refractivity contribution in [3.05, 3.63) is 52.2 Å². The Kier molecular flexibility index (Phi) is 6.46. The Hall–Kier alpha value is -2.12. The van der Waals surface area contributed by atoms with Crippen LogP contribution in [0, 0.1) is 6.92 Å². The van der Waals surface area contributed by atoms with Crippen molar-refractivity contribution in [1.29, 1.82) is 0 Å². The predicted molar refractivity (Wildman–Crippen MR) is 108 cm³/mol. The number of benzene rings is 1. The summed E-state index contributed by atoms with van der Waals surface area (Å²) in [7, 11) is 0. The third kappa shape index (κ3) is 4.74. The number of nitrogens with zero attached hydrogens (tertiary/aromatic N) is 3. The first-order chi connectivity index (χ1) is 12.7. The smallest absolute Gasteiger partial charge is 0.230 e. The van der Waals surface area contributed by atoms with Gasteiger partial charge in [0.15, 0.2) is 11.0 Å². The second kappa shape index (κ2) is 9.00. The average Bonchev–Trinajstić information content (AvgIpc) is 3.29. The van der Waals surface area contributed by atoms with Gasteiger partial charge in [-0.05, 0) is 37.8 Å². The summed E-state index contributed by atoms with van der Waals surface area (Å²) in [6.07, 6.45) is 0.872. The van der Waals surface area contributed by atoms with Crippen LogP contribution in [0.3, 0.4) is 0 Å². The molecule has 0 radical (unpaired) electrons. The summed E-state index contributed by atoms with van der Waals surface area (Å²) >= 11 is 3.14. The van der Waals surface area contributed by atoms with Crippen LogP contribution in [0.2, 0.25) is 0 Å². The van der Waals surface area contributed by atoms with E-state index in [-0.39, 0.29) is 5.91 Å².